The van der Waals surface area contributed by atoms with Gasteiger partial charge in [-0.2, -0.15) is 0 Å². The van der Waals surface area contributed by atoms with Crippen molar-refractivity contribution in [3.05, 3.63) is 58.9 Å². The maximum absolute atomic E-state index is 10.8. The minimum absolute atomic E-state index is 0. The minimum Gasteiger partial charge on any atom is -0.494 e. The molecule has 0 fully saturated rings. The number of carboxylic acid groups (broad SMARTS) is 1. The molecule has 0 bridgehead atoms. The van der Waals surface area contributed by atoms with E-state index < -0.39 is 5.97 Å². The van der Waals surface area contributed by atoms with Crippen LogP contribution in [0.4, 0.5) is 0 Å². The maximum atomic E-state index is 10.8. The third-order valence-electron chi connectivity index (χ3n) is 4.26. The van der Waals surface area contributed by atoms with Crippen LogP contribution in [-0.2, 0) is 9.53 Å². The fourth-order valence-electron chi connectivity index (χ4n) is 2.50. The summed E-state index contributed by atoms with van der Waals surface area (Å²) in [5, 5.41) is 8.90. The predicted octanol–water partition coefficient (Wildman–Crippen LogP) is 6.75. The van der Waals surface area contributed by atoms with E-state index in [1.807, 2.05) is 25.2 Å². The Balaban J connectivity index is 0.00000625. The fraction of sp³-hybridized carbons (Fsp3) is 0.522. The van der Waals surface area contributed by atoms with Crippen LogP contribution in [0.1, 0.15) is 73.1 Å². The van der Waals surface area contributed by atoms with Gasteiger partial charge in [-0.3, -0.25) is 0 Å². The molecule has 3 nitrogen and oxygen atoms in total. The zero-order chi connectivity index (χ0) is 18.5. The van der Waals surface area contributed by atoms with E-state index in [0.29, 0.717) is 5.57 Å². The molecule has 0 saturated heterocycles. The Morgan fingerprint density at radius 3 is 2.50 bits per heavy atom. The Hall–Kier alpha value is -2.03. The first-order valence-corrected chi connectivity index (χ1v) is 9.33. The number of carbonyl (C=O) groups is 1. The molecule has 26 heavy (non-hydrogen) atoms. The summed E-state index contributed by atoms with van der Waals surface area (Å²) in [4.78, 5) is 10.8. The van der Waals surface area contributed by atoms with E-state index in [0.717, 1.165) is 30.8 Å². The molecule has 0 amide bonds. The molecule has 0 aromatic heterocycles. The molecular weight excluding hydrogens is 324 g/mol. The van der Waals surface area contributed by atoms with Crippen LogP contribution in [0.3, 0.4) is 0 Å². The number of rotatable bonds is 11. The van der Waals surface area contributed by atoms with Crippen LogP contribution in [0, 0.1) is 0 Å². The lowest BCUT2D eigenvalue weighted by Gasteiger charge is -2.06. The van der Waals surface area contributed by atoms with Gasteiger partial charge in [0.15, 0.2) is 0 Å². The summed E-state index contributed by atoms with van der Waals surface area (Å²) in [6, 6.07) is 0. The molecule has 0 spiro atoms. The fourth-order valence-corrected chi connectivity index (χ4v) is 2.50. The van der Waals surface area contributed by atoms with Gasteiger partial charge in [0.25, 0.3) is 0 Å². The molecule has 0 heterocycles. The van der Waals surface area contributed by atoms with Crippen LogP contribution in [-0.4, -0.2) is 17.7 Å². The smallest absolute Gasteiger partial charge is 0.331 e. The van der Waals surface area contributed by atoms with Crippen LogP contribution < -0.4 is 0 Å². The summed E-state index contributed by atoms with van der Waals surface area (Å²) in [6.45, 7) is 6.60. The number of ether oxygens (including phenoxy) is 1. The molecule has 3 heteroatoms. The van der Waals surface area contributed by atoms with Crippen LogP contribution in [0.25, 0.3) is 0 Å². The monoisotopic (exact) mass is 360 g/mol. The number of hydrogen-bond donors (Lipinski definition) is 1. The van der Waals surface area contributed by atoms with Gasteiger partial charge >= 0.3 is 5.97 Å². The van der Waals surface area contributed by atoms with Gasteiger partial charge in [0.1, 0.15) is 5.76 Å². The normalized spacial score (nSPS) is 14.9. The first-order valence-electron chi connectivity index (χ1n) is 9.33. The summed E-state index contributed by atoms with van der Waals surface area (Å²) in [5.74, 6) is 0.0117. The van der Waals surface area contributed by atoms with E-state index in [1.165, 1.54) is 37.7 Å². The van der Waals surface area contributed by atoms with Crippen LogP contribution in [0.2, 0.25) is 0 Å². The highest BCUT2D eigenvalue weighted by atomic mass is 16.5. The summed E-state index contributed by atoms with van der Waals surface area (Å²) >= 11 is 0. The highest BCUT2D eigenvalue weighted by Crippen LogP contribution is 2.20. The van der Waals surface area contributed by atoms with Gasteiger partial charge in [0.05, 0.1) is 6.61 Å². The topological polar surface area (TPSA) is 46.5 Å². The Morgan fingerprint density at radius 1 is 1.12 bits per heavy atom. The molecule has 1 N–H and O–H groups in total. The molecule has 146 valence electrons. The molecule has 1 aliphatic rings. The predicted molar refractivity (Wildman–Crippen MR) is 111 cm³/mol. The molecule has 0 aliphatic heterocycles. The molecule has 0 aromatic rings. The zero-order valence-corrected chi connectivity index (χ0v) is 15.9. The molecule has 0 saturated carbocycles. The van der Waals surface area contributed by atoms with Gasteiger partial charge in [0, 0.05) is 5.57 Å². The second-order valence-corrected chi connectivity index (χ2v) is 6.49. The summed E-state index contributed by atoms with van der Waals surface area (Å²) < 4.78 is 5.85. The number of aliphatic carboxylic acids is 1. The third kappa shape index (κ3) is 10.1. The number of carboxylic acids is 1. The third-order valence-corrected chi connectivity index (χ3v) is 4.26. The van der Waals surface area contributed by atoms with Gasteiger partial charge in [-0.25, -0.2) is 4.79 Å². The lowest BCUT2D eigenvalue weighted by atomic mass is 10.0. The van der Waals surface area contributed by atoms with Crippen molar-refractivity contribution in [2.24, 2.45) is 0 Å². The molecule has 1 aliphatic carbocycles. The standard InChI is InChI=1S/C22H32O3.CH4/c1-4-5-6-7-8-9-17-25-21-12-10-11-20(15-16-21)18(2)13-14-19(3)22(23)24;/h10,12-16H,4-9,11,17H2,1-3H3,(H,23,24);1H4/b18-13+,19-14+;. The van der Waals surface area contributed by atoms with Crippen molar-refractivity contribution in [3.8, 4) is 0 Å². The molecule has 0 radical (unpaired) electrons. The molecule has 0 aromatic carbocycles. The lowest BCUT2D eigenvalue weighted by molar-refractivity contribution is -0.132. The Morgan fingerprint density at radius 2 is 1.81 bits per heavy atom. The summed E-state index contributed by atoms with van der Waals surface area (Å²) in [6.07, 6.45) is 20.1. The number of unbranched alkanes of at least 4 members (excludes halogenated alkanes) is 5. The van der Waals surface area contributed by atoms with Crippen molar-refractivity contribution in [1.82, 2.24) is 0 Å². The van der Waals surface area contributed by atoms with E-state index in [2.05, 4.69) is 19.1 Å². The van der Waals surface area contributed by atoms with Gasteiger partial charge in [-0.05, 0) is 50.0 Å². The van der Waals surface area contributed by atoms with E-state index in [4.69, 9.17) is 9.84 Å². The van der Waals surface area contributed by atoms with Gasteiger partial charge in [-0.15, -0.1) is 0 Å². The SMILES string of the molecule is C.CCCCCCCCOC1=CC=C(/C(C)=C/C=C(\C)C(=O)O)CC=C1. The van der Waals surface area contributed by atoms with E-state index in [9.17, 15) is 4.79 Å². The van der Waals surface area contributed by atoms with Gasteiger partial charge in [-0.1, -0.05) is 70.8 Å². The van der Waals surface area contributed by atoms with Crippen molar-refractivity contribution in [3.63, 3.8) is 0 Å². The summed E-state index contributed by atoms with van der Waals surface area (Å²) in [7, 11) is 0. The molecule has 0 unspecified atom stereocenters. The van der Waals surface area contributed by atoms with Crippen molar-refractivity contribution in [2.45, 2.75) is 73.1 Å². The Kier molecular flexibility index (Phi) is 13.1. The number of allylic oxidation sites excluding steroid dienone is 8. The van der Waals surface area contributed by atoms with Crippen LogP contribution >= 0.6 is 0 Å². The van der Waals surface area contributed by atoms with E-state index in [-0.39, 0.29) is 7.43 Å². The molecule has 0 atom stereocenters. The lowest BCUT2D eigenvalue weighted by Crippen LogP contribution is -1.95. The van der Waals surface area contributed by atoms with Gasteiger partial charge < -0.3 is 9.84 Å². The van der Waals surface area contributed by atoms with Crippen molar-refractivity contribution < 1.29 is 14.6 Å². The van der Waals surface area contributed by atoms with E-state index in [1.54, 1.807) is 13.0 Å². The van der Waals surface area contributed by atoms with Crippen LogP contribution in [0.5, 0.6) is 0 Å². The average Bonchev–Trinajstić information content (AvgIpc) is 2.84. The number of hydrogen-bond acceptors (Lipinski definition) is 2. The average molecular weight is 361 g/mol. The first-order chi connectivity index (χ1) is 12.0. The quantitative estimate of drug-likeness (QED) is 0.252. The second-order valence-electron chi connectivity index (χ2n) is 6.49. The van der Waals surface area contributed by atoms with Crippen molar-refractivity contribution in [1.29, 1.82) is 0 Å². The molecule has 1 rings (SSSR count). The van der Waals surface area contributed by atoms with Gasteiger partial charge in [0.2, 0.25) is 0 Å². The summed E-state index contributed by atoms with van der Waals surface area (Å²) in [5.41, 5.74) is 2.57. The Labute approximate surface area is 159 Å². The maximum Gasteiger partial charge on any atom is 0.331 e. The molecular formula is C23H36O3. The minimum atomic E-state index is -0.885. The van der Waals surface area contributed by atoms with Crippen LogP contribution in [0.15, 0.2) is 58.9 Å². The van der Waals surface area contributed by atoms with Crippen molar-refractivity contribution in [2.75, 3.05) is 6.61 Å². The first kappa shape index (κ1) is 24.0. The van der Waals surface area contributed by atoms with Crippen molar-refractivity contribution >= 4 is 5.97 Å². The highest BCUT2D eigenvalue weighted by Gasteiger charge is 2.03. The highest BCUT2D eigenvalue weighted by molar-refractivity contribution is 5.86. The Bertz CT molecular complexity index is 574. The zero-order valence-electron chi connectivity index (χ0n) is 15.9. The van der Waals surface area contributed by atoms with E-state index >= 15 is 0 Å². The largest absolute Gasteiger partial charge is 0.494 e. The second kappa shape index (κ2) is 14.2.